The first kappa shape index (κ1) is 12.2. The molecule has 0 bridgehead atoms. The number of para-hydroxylation sites is 2. The summed E-state index contributed by atoms with van der Waals surface area (Å²) in [6, 6.07) is 15.6. The van der Waals surface area contributed by atoms with Gasteiger partial charge in [-0.2, -0.15) is 0 Å². The third-order valence-corrected chi connectivity index (χ3v) is 3.59. The fraction of sp³-hybridized carbons (Fsp3) is 0.133. The molecule has 0 unspecified atom stereocenters. The summed E-state index contributed by atoms with van der Waals surface area (Å²) in [6.45, 7) is 0.667. The topological polar surface area (TPSA) is 29.5 Å². The number of hydrogen-bond acceptors (Lipinski definition) is 2. The minimum atomic E-state index is -0.0124. The van der Waals surface area contributed by atoms with Gasteiger partial charge in [0.25, 0.3) is 5.91 Å². The van der Waals surface area contributed by atoms with Crippen molar-refractivity contribution in [3.63, 3.8) is 0 Å². The van der Waals surface area contributed by atoms with E-state index >= 15 is 0 Å². The van der Waals surface area contributed by atoms with Crippen LogP contribution in [0.2, 0.25) is 0 Å². The molecule has 0 saturated carbocycles. The number of anilines is 1. The average molecular weight is 318 g/mol. The monoisotopic (exact) mass is 317 g/mol. The lowest BCUT2D eigenvalue weighted by Gasteiger charge is -2.29. The molecule has 1 amide bonds. The Morgan fingerprint density at radius 2 is 1.84 bits per heavy atom. The van der Waals surface area contributed by atoms with Crippen molar-refractivity contribution in [1.82, 2.24) is 0 Å². The van der Waals surface area contributed by atoms with Crippen molar-refractivity contribution in [2.24, 2.45) is 0 Å². The quantitative estimate of drug-likeness (QED) is 0.850. The zero-order valence-electron chi connectivity index (χ0n) is 10.2. The molecule has 1 aliphatic rings. The number of carbonyl (C=O) groups is 1. The molecule has 0 aromatic heterocycles. The van der Waals surface area contributed by atoms with Crippen molar-refractivity contribution in [3.8, 4) is 5.75 Å². The molecular formula is C15H12BrNO2. The third kappa shape index (κ3) is 2.49. The fourth-order valence-corrected chi connectivity index (χ4v) is 2.36. The number of rotatable bonds is 2. The molecule has 0 aliphatic carbocycles. The summed E-state index contributed by atoms with van der Waals surface area (Å²) in [6.07, 6.45) is 0. The number of hydrogen-bond donors (Lipinski definition) is 0. The first-order chi connectivity index (χ1) is 9.24. The number of fused-ring (bicyclic) bond motifs is 1. The van der Waals surface area contributed by atoms with Crippen LogP contribution in [0.5, 0.6) is 5.75 Å². The van der Waals surface area contributed by atoms with Crippen molar-refractivity contribution in [1.29, 1.82) is 0 Å². The Bertz CT molecular complexity index is 610. The second-order valence-corrected chi connectivity index (χ2v) is 5.28. The minimum absolute atomic E-state index is 0.0124. The van der Waals surface area contributed by atoms with E-state index in [2.05, 4.69) is 15.9 Å². The van der Waals surface area contributed by atoms with Gasteiger partial charge in [-0.3, -0.25) is 4.79 Å². The van der Waals surface area contributed by atoms with Gasteiger partial charge in [0.05, 0.1) is 12.2 Å². The Balaban J connectivity index is 1.91. The number of carbonyl (C=O) groups excluding carboxylic acids is 1. The molecule has 0 atom stereocenters. The second-order valence-electron chi connectivity index (χ2n) is 4.36. The van der Waals surface area contributed by atoms with Gasteiger partial charge >= 0.3 is 0 Å². The molecule has 19 heavy (non-hydrogen) atoms. The fourth-order valence-electron chi connectivity index (χ4n) is 2.10. The maximum absolute atomic E-state index is 12.0. The van der Waals surface area contributed by atoms with Gasteiger partial charge < -0.3 is 9.64 Å². The lowest BCUT2D eigenvalue weighted by molar-refractivity contribution is -0.121. The Morgan fingerprint density at radius 1 is 1.11 bits per heavy atom. The van der Waals surface area contributed by atoms with Crippen LogP contribution in [-0.2, 0) is 11.3 Å². The molecule has 96 valence electrons. The van der Waals surface area contributed by atoms with Gasteiger partial charge in [-0.1, -0.05) is 40.2 Å². The van der Waals surface area contributed by atoms with Crippen molar-refractivity contribution < 1.29 is 9.53 Å². The lowest BCUT2D eigenvalue weighted by atomic mass is 10.1. The van der Waals surface area contributed by atoms with Crippen LogP contribution in [0.1, 0.15) is 5.56 Å². The number of amides is 1. The molecule has 1 aliphatic heterocycles. The highest BCUT2D eigenvalue weighted by Crippen LogP contribution is 2.32. The molecule has 0 saturated heterocycles. The first-order valence-corrected chi connectivity index (χ1v) is 6.80. The van der Waals surface area contributed by atoms with Crippen molar-refractivity contribution in [2.75, 3.05) is 11.5 Å². The van der Waals surface area contributed by atoms with Crippen molar-refractivity contribution >= 4 is 27.5 Å². The van der Waals surface area contributed by atoms with Crippen LogP contribution < -0.4 is 9.64 Å². The van der Waals surface area contributed by atoms with E-state index in [1.165, 1.54) is 0 Å². The van der Waals surface area contributed by atoms with E-state index < -0.39 is 0 Å². The summed E-state index contributed by atoms with van der Waals surface area (Å²) < 4.78 is 6.46. The minimum Gasteiger partial charge on any atom is -0.482 e. The predicted octanol–water partition coefficient (Wildman–Crippen LogP) is 3.37. The van der Waals surface area contributed by atoms with Crippen molar-refractivity contribution in [2.45, 2.75) is 6.54 Å². The van der Waals surface area contributed by atoms with Crippen LogP contribution in [0, 0.1) is 0 Å². The smallest absolute Gasteiger partial charge is 0.265 e. The highest BCUT2D eigenvalue weighted by molar-refractivity contribution is 9.10. The van der Waals surface area contributed by atoms with Gasteiger partial charge in [0.2, 0.25) is 0 Å². The Kier molecular flexibility index (Phi) is 3.25. The maximum Gasteiger partial charge on any atom is 0.265 e. The standard InChI is InChI=1S/C15H12BrNO2/c16-12-7-5-11(6-8-12)9-17-13-3-1-2-4-14(13)19-10-15(17)18/h1-8H,9-10H2. The molecule has 0 fully saturated rings. The molecule has 3 rings (SSSR count). The van der Waals surface area contributed by atoms with Gasteiger partial charge in [-0.15, -0.1) is 0 Å². The van der Waals surface area contributed by atoms with Crippen LogP contribution >= 0.6 is 15.9 Å². The SMILES string of the molecule is O=C1COc2ccccc2N1Cc1ccc(Br)cc1. The summed E-state index contributed by atoms with van der Waals surface area (Å²) in [4.78, 5) is 13.8. The van der Waals surface area contributed by atoms with E-state index in [1.54, 1.807) is 4.90 Å². The predicted molar refractivity (Wildman–Crippen MR) is 77.3 cm³/mol. The molecule has 0 spiro atoms. The van der Waals surface area contributed by atoms with Gasteiger partial charge in [-0.05, 0) is 29.8 Å². The molecule has 3 nitrogen and oxygen atoms in total. The Morgan fingerprint density at radius 3 is 2.63 bits per heavy atom. The van der Waals surface area contributed by atoms with Gasteiger partial charge in [-0.25, -0.2) is 0 Å². The molecule has 4 heteroatoms. The van der Waals surface area contributed by atoms with Crippen molar-refractivity contribution in [3.05, 3.63) is 58.6 Å². The maximum atomic E-state index is 12.0. The zero-order chi connectivity index (χ0) is 13.2. The lowest BCUT2D eigenvalue weighted by Crippen LogP contribution is -2.38. The summed E-state index contributed by atoms with van der Waals surface area (Å²) in [5.74, 6) is 0.751. The number of nitrogens with zero attached hydrogens (tertiary/aromatic N) is 1. The van der Waals surface area contributed by atoms with Crippen LogP contribution in [0.4, 0.5) is 5.69 Å². The highest BCUT2D eigenvalue weighted by Gasteiger charge is 2.24. The first-order valence-electron chi connectivity index (χ1n) is 6.01. The third-order valence-electron chi connectivity index (χ3n) is 3.06. The summed E-state index contributed by atoms with van der Waals surface area (Å²) >= 11 is 3.41. The largest absolute Gasteiger partial charge is 0.482 e. The van der Waals surface area contributed by atoms with E-state index in [9.17, 15) is 4.79 Å². The number of benzene rings is 2. The van der Waals surface area contributed by atoms with Gasteiger partial charge in [0, 0.05) is 4.47 Å². The average Bonchev–Trinajstić information content (AvgIpc) is 2.44. The summed E-state index contributed by atoms with van der Waals surface area (Å²) in [7, 11) is 0. The van der Waals surface area contributed by atoms with E-state index in [1.807, 2.05) is 48.5 Å². The van der Waals surface area contributed by atoms with E-state index in [0.717, 1.165) is 21.5 Å². The Hall–Kier alpha value is -1.81. The van der Waals surface area contributed by atoms with Crippen LogP contribution in [0.25, 0.3) is 0 Å². The van der Waals surface area contributed by atoms with E-state index in [4.69, 9.17) is 4.74 Å². The Labute approximate surface area is 119 Å². The van der Waals surface area contributed by atoms with Crippen LogP contribution in [0.15, 0.2) is 53.0 Å². The van der Waals surface area contributed by atoms with E-state index in [-0.39, 0.29) is 12.5 Å². The highest BCUT2D eigenvalue weighted by atomic mass is 79.9. The normalized spacial score (nSPS) is 13.9. The molecule has 0 radical (unpaired) electrons. The van der Waals surface area contributed by atoms with E-state index in [0.29, 0.717) is 6.54 Å². The van der Waals surface area contributed by atoms with Gasteiger partial charge in [0.15, 0.2) is 6.61 Å². The van der Waals surface area contributed by atoms with Gasteiger partial charge in [0.1, 0.15) is 5.75 Å². The summed E-state index contributed by atoms with van der Waals surface area (Å²) in [5, 5.41) is 0. The summed E-state index contributed by atoms with van der Waals surface area (Å²) in [5.41, 5.74) is 1.93. The zero-order valence-corrected chi connectivity index (χ0v) is 11.8. The number of ether oxygens (including phenoxy) is 1. The molecular weight excluding hydrogens is 306 g/mol. The molecule has 2 aromatic rings. The molecule has 2 aromatic carbocycles. The van der Waals surface area contributed by atoms with Crippen LogP contribution in [0.3, 0.4) is 0 Å². The molecule has 0 N–H and O–H groups in total. The second kappa shape index (κ2) is 5.05. The van der Waals surface area contributed by atoms with Crippen LogP contribution in [-0.4, -0.2) is 12.5 Å². The molecule has 1 heterocycles. The number of halogens is 1.